The average molecular weight is 280 g/mol. The molecule has 0 aliphatic rings. The van der Waals surface area contributed by atoms with Crippen molar-refractivity contribution in [1.29, 1.82) is 0 Å². The monoisotopic (exact) mass is 280 g/mol. The minimum atomic E-state index is -0.381. The zero-order valence-corrected chi connectivity index (χ0v) is 12.6. The van der Waals surface area contributed by atoms with Crippen molar-refractivity contribution < 1.29 is 9.18 Å². The van der Waals surface area contributed by atoms with Crippen molar-refractivity contribution in [1.82, 2.24) is 5.32 Å². The van der Waals surface area contributed by atoms with Crippen molar-refractivity contribution in [3.8, 4) is 0 Å². The normalized spacial score (nSPS) is 10.7. The van der Waals surface area contributed by atoms with Crippen LogP contribution in [-0.2, 0) is 0 Å². The minimum Gasteiger partial charge on any atom is -0.382 e. The van der Waals surface area contributed by atoms with Gasteiger partial charge in [-0.05, 0) is 24.5 Å². The quantitative estimate of drug-likeness (QED) is 0.760. The maximum absolute atomic E-state index is 13.8. The van der Waals surface area contributed by atoms with Crippen LogP contribution in [0.3, 0.4) is 0 Å². The van der Waals surface area contributed by atoms with Crippen LogP contribution in [0.2, 0.25) is 0 Å². The Bertz CT molecular complexity index is 430. The van der Waals surface area contributed by atoms with E-state index in [1.807, 2.05) is 6.92 Å². The largest absolute Gasteiger partial charge is 0.382 e. The van der Waals surface area contributed by atoms with Crippen molar-refractivity contribution in [2.24, 2.45) is 5.92 Å². The molecule has 1 rings (SSSR count). The lowest BCUT2D eigenvalue weighted by molar-refractivity contribution is 0.0947. The molecule has 0 unspecified atom stereocenters. The van der Waals surface area contributed by atoms with Gasteiger partial charge < -0.3 is 10.6 Å². The molecule has 0 aromatic heterocycles. The average Bonchev–Trinajstić information content (AvgIpc) is 2.46. The molecule has 0 aliphatic heterocycles. The van der Waals surface area contributed by atoms with Gasteiger partial charge in [0.15, 0.2) is 0 Å². The number of carbonyl (C=O) groups excluding carboxylic acids is 1. The van der Waals surface area contributed by atoms with E-state index in [1.54, 1.807) is 12.1 Å². The molecule has 1 aromatic carbocycles. The number of anilines is 1. The number of carbonyl (C=O) groups is 1. The summed E-state index contributed by atoms with van der Waals surface area (Å²) in [6.07, 6.45) is 2.94. The van der Waals surface area contributed by atoms with Gasteiger partial charge in [0.2, 0.25) is 0 Å². The lowest BCUT2D eigenvalue weighted by atomic mass is 10.0. The molecule has 1 amide bonds. The van der Waals surface area contributed by atoms with Gasteiger partial charge in [-0.25, -0.2) is 4.39 Å². The molecular formula is C16H25FN2O. The SMILES string of the molecule is CCCNc1c(F)cccc1C(=O)NCC(CC)CC. The third kappa shape index (κ3) is 4.51. The number of amides is 1. The number of halogens is 1. The number of benzene rings is 1. The van der Waals surface area contributed by atoms with Gasteiger partial charge in [-0.1, -0.05) is 39.7 Å². The number of para-hydroxylation sites is 1. The Labute approximate surface area is 121 Å². The molecule has 2 N–H and O–H groups in total. The van der Waals surface area contributed by atoms with E-state index < -0.39 is 0 Å². The highest BCUT2D eigenvalue weighted by Gasteiger charge is 2.15. The van der Waals surface area contributed by atoms with Crippen LogP contribution in [0.4, 0.5) is 10.1 Å². The van der Waals surface area contributed by atoms with Crippen LogP contribution in [0.25, 0.3) is 0 Å². The van der Waals surface area contributed by atoms with Crippen LogP contribution >= 0.6 is 0 Å². The van der Waals surface area contributed by atoms with Gasteiger partial charge in [0, 0.05) is 13.1 Å². The smallest absolute Gasteiger partial charge is 0.253 e. The summed E-state index contributed by atoms with van der Waals surface area (Å²) in [6.45, 7) is 7.50. The Morgan fingerprint density at radius 2 is 1.95 bits per heavy atom. The molecule has 0 atom stereocenters. The second kappa shape index (κ2) is 8.56. The van der Waals surface area contributed by atoms with Crippen molar-refractivity contribution in [2.75, 3.05) is 18.4 Å². The van der Waals surface area contributed by atoms with E-state index in [1.165, 1.54) is 6.07 Å². The fourth-order valence-corrected chi connectivity index (χ4v) is 2.05. The van der Waals surface area contributed by atoms with Crippen LogP contribution in [0, 0.1) is 11.7 Å². The fraction of sp³-hybridized carbons (Fsp3) is 0.562. The highest BCUT2D eigenvalue weighted by Crippen LogP contribution is 2.20. The van der Waals surface area contributed by atoms with Gasteiger partial charge in [-0.15, -0.1) is 0 Å². The third-order valence-electron chi connectivity index (χ3n) is 3.52. The molecule has 1 aromatic rings. The molecule has 3 nitrogen and oxygen atoms in total. The molecule has 0 fully saturated rings. The van der Waals surface area contributed by atoms with E-state index >= 15 is 0 Å². The summed E-state index contributed by atoms with van der Waals surface area (Å²) in [7, 11) is 0. The Morgan fingerprint density at radius 1 is 1.25 bits per heavy atom. The van der Waals surface area contributed by atoms with Crippen LogP contribution in [-0.4, -0.2) is 19.0 Å². The highest BCUT2D eigenvalue weighted by molar-refractivity contribution is 5.99. The van der Waals surface area contributed by atoms with Gasteiger partial charge in [0.05, 0.1) is 11.3 Å². The minimum absolute atomic E-state index is 0.213. The standard InChI is InChI=1S/C16H25FN2O/c1-4-10-18-15-13(8-7-9-14(15)17)16(20)19-11-12(5-2)6-3/h7-9,12,18H,4-6,10-11H2,1-3H3,(H,19,20). The molecule has 112 valence electrons. The van der Waals surface area contributed by atoms with E-state index in [2.05, 4.69) is 24.5 Å². The fourth-order valence-electron chi connectivity index (χ4n) is 2.05. The highest BCUT2D eigenvalue weighted by atomic mass is 19.1. The number of hydrogen-bond donors (Lipinski definition) is 2. The molecule has 0 heterocycles. The van der Waals surface area contributed by atoms with Crippen molar-refractivity contribution in [3.63, 3.8) is 0 Å². The molecule has 0 aliphatic carbocycles. The number of nitrogens with one attached hydrogen (secondary N) is 2. The molecule has 0 saturated carbocycles. The first kappa shape index (κ1) is 16.5. The summed E-state index contributed by atoms with van der Waals surface area (Å²) in [5.41, 5.74) is 0.681. The first-order valence-corrected chi connectivity index (χ1v) is 7.44. The van der Waals surface area contributed by atoms with E-state index in [0.29, 0.717) is 30.3 Å². The summed E-state index contributed by atoms with van der Waals surface area (Å²) in [6, 6.07) is 4.59. The Morgan fingerprint density at radius 3 is 2.55 bits per heavy atom. The molecule has 0 bridgehead atoms. The summed E-state index contributed by atoms with van der Waals surface area (Å²) in [4.78, 5) is 12.2. The van der Waals surface area contributed by atoms with Crippen molar-refractivity contribution in [2.45, 2.75) is 40.0 Å². The lowest BCUT2D eigenvalue weighted by Crippen LogP contribution is -2.29. The maximum atomic E-state index is 13.8. The first-order valence-electron chi connectivity index (χ1n) is 7.44. The predicted octanol–water partition coefficient (Wildman–Crippen LogP) is 3.81. The second-order valence-corrected chi connectivity index (χ2v) is 4.98. The summed E-state index contributed by atoms with van der Waals surface area (Å²) in [5.74, 6) is -0.122. The van der Waals surface area contributed by atoms with Crippen LogP contribution in [0.1, 0.15) is 50.4 Å². The zero-order chi connectivity index (χ0) is 15.0. The number of hydrogen-bond acceptors (Lipinski definition) is 2. The van der Waals surface area contributed by atoms with Gasteiger partial charge in [-0.2, -0.15) is 0 Å². The summed E-state index contributed by atoms with van der Waals surface area (Å²) >= 11 is 0. The van der Waals surface area contributed by atoms with Gasteiger partial charge in [0.25, 0.3) is 5.91 Å². The molecule has 0 spiro atoms. The predicted molar refractivity (Wildman–Crippen MR) is 81.6 cm³/mol. The van der Waals surface area contributed by atoms with Gasteiger partial charge >= 0.3 is 0 Å². The van der Waals surface area contributed by atoms with Crippen LogP contribution < -0.4 is 10.6 Å². The topological polar surface area (TPSA) is 41.1 Å². The van der Waals surface area contributed by atoms with Crippen LogP contribution in [0.15, 0.2) is 18.2 Å². The summed E-state index contributed by atoms with van der Waals surface area (Å²) in [5, 5.41) is 5.89. The molecule has 0 radical (unpaired) electrons. The zero-order valence-electron chi connectivity index (χ0n) is 12.6. The van der Waals surface area contributed by atoms with Crippen molar-refractivity contribution in [3.05, 3.63) is 29.6 Å². The second-order valence-electron chi connectivity index (χ2n) is 4.98. The van der Waals surface area contributed by atoms with Crippen molar-refractivity contribution >= 4 is 11.6 Å². The molecule has 20 heavy (non-hydrogen) atoms. The Hall–Kier alpha value is -1.58. The van der Waals surface area contributed by atoms with Crippen LogP contribution in [0.5, 0.6) is 0 Å². The Balaban J connectivity index is 2.78. The summed E-state index contributed by atoms with van der Waals surface area (Å²) < 4.78 is 13.8. The van der Waals surface area contributed by atoms with E-state index in [9.17, 15) is 9.18 Å². The molecule has 4 heteroatoms. The van der Waals surface area contributed by atoms with Gasteiger partial charge in [0.1, 0.15) is 5.82 Å². The maximum Gasteiger partial charge on any atom is 0.253 e. The molecular weight excluding hydrogens is 255 g/mol. The van der Waals surface area contributed by atoms with E-state index in [0.717, 1.165) is 19.3 Å². The van der Waals surface area contributed by atoms with E-state index in [4.69, 9.17) is 0 Å². The third-order valence-corrected chi connectivity index (χ3v) is 3.52. The first-order chi connectivity index (χ1) is 9.63. The van der Waals surface area contributed by atoms with E-state index in [-0.39, 0.29) is 11.7 Å². The van der Waals surface area contributed by atoms with Gasteiger partial charge in [-0.3, -0.25) is 4.79 Å². The number of rotatable bonds is 8. The molecule has 0 saturated heterocycles. The lowest BCUT2D eigenvalue weighted by Gasteiger charge is -2.16. The Kier molecular flexibility index (Phi) is 7.05.